The molecule has 7 heteroatoms. The Balaban J connectivity index is 1.49. The molecule has 0 aromatic heterocycles. The average Bonchev–Trinajstić information content (AvgIpc) is 3.13. The van der Waals surface area contributed by atoms with E-state index in [0.29, 0.717) is 30.3 Å². The van der Waals surface area contributed by atoms with Crippen LogP contribution in [0.5, 0.6) is 11.5 Å². The number of anilines is 1. The van der Waals surface area contributed by atoms with Gasteiger partial charge in [0.2, 0.25) is 11.8 Å². The van der Waals surface area contributed by atoms with Crippen LogP contribution in [0.4, 0.5) is 10.1 Å². The van der Waals surface area contributed by atoms with Crippen LogP contribution in [0, 0.1) is 11.7 Å². The number of nitrogens with zero attached hydrogens (tertiary/aromatic N) is 2. The van der Waals surface area contributed by atoms with Crippen LogP contribution in [0.1, 0.15) is 17.5 Å². The molecule has 29 heavy (non-hydrogen) atoms. The predicted octanol–water partition coefficient (Wildman–Crippen LogP) is 2.78. The van der Waals surface area contributed by atoms with Gasteiger partial charge in [-0.1, -0.05) is 6.07 Å². The maximum atomic E-state index is 13.5. The van der Waals surface area contributed by atoms with E-state index < -0.39 is 11.7 Å². The number of ether oxygens (including phenoxy) is 2. The molecule has 0 aliphatic carbocycles. The number of halogens is 1. The molecule has 1 atom stereocenters. The van der Waals surface area contributed by atoms with Crippen LogP contribution in [-0.4, -0.2) is 44.0 Å². The maximum absolute atomic E-state index is 13.5. The van der Waals surface area contributed by atoms with Gasteiger partial charge < -0.3 is 19.3 Å². The number of carbonyl (C=O) groups excluding carboxylic acids is 2. The van der Waals surface area contributed by atoms with E-state index in [-0.39, 0.29) is 24.8 Å². The topological polar surface area (TPSA) is 59.1 Å². The molecule has 0 saturated carbocycles. The van der Waals surface area contributed by atoms with Crippen LogP contribution in [0.3, 0.4) is 0 Å². The minimum atomic E-state index is -0.424. The SMILES string of the molecule is COc1cc2c(cc1OC)CN(C(=O)C1CC(=O)N(c3cccc(F)c3)C1)CC2. The Hall–Kier alpha value is -3.09. The largest absolute Gasteiger partial charge is 0.493 e. The fraction of sp³-hybridized carbons (Fsp3) is 0.364. The molecule has 1 saturated heterocycles. The summed E-state index contributed by atoms with van der Waals surface area (Å²) in [5.74, 6) is 0.289. The quantitative estimate of drug-likeness (QED) is 0.795. The van der Waals surface area contributed by atoms with Gasteiger partial charge >= 0.3 is 0 Å². The molecule has 2 amide bonds. The van der Waals surface area contributed by atoms with Crippen molar-refractivity contribution >= 4 is 17.5 Å². The van der Waals surface area contributed by atoms with Gasteiger partial charge in [0, 0.05) is 31.7 Å². The number of benzene rings is 2. The molecule has 4 rings (SSSR count). The van der Waals surface area contributed by atoms with Crippen LogP contribution < -0.4 is 14.4 Å². The summed E-state index contributed by atoms with van der Waals surface area (Å²) < 4.78 is 24.2. The van der Waals surface area contributed by atoms with Gasteiger partial charge in [-0.05, 0) is 47.9 Å². The van der Waals surface area contributed by atoms with Gasteiger partial charge in [0.05, 0.1) is 20.1 Å². The van der Waals surface area contributed by atoms with E-state index in [1.54, 1.807) is 31.3 Å². The highest BCUT2D eigenvalue weighted by Crippen LogP contribution is 2.34. The number of rotatable bonds is 4. The molecule has 1 unspecified atom stereocenters. The minimum Gasteiger partial charge on any atom is -0.493 e. The van der Waals surface area contributed by atoms with E-state index in [9.17, 15) is 14.0 Å². The molecule has 2 aromatic carbocycles. The molecular formula is C22H23FN2O4. The molecule has 152 valence electrons. The molecular weight excluding hydrogens is 375 g/mol. The van der Waals surface area contributed by atoms with Crippen molar-refractivity contribution in [2.24, 2.45) is 5.92 Å². The molecule has 0 spiro atoms. The monoisotopic (exact) mass is 398 g/mol. The fourth-order valence-electron chi connectivity index (χ4n) is 4.10. The Kier molecular flexibility index (Phi) is 5.13. The standard InChI is InChI=1S/C22H23FN2O4/c1-28-19-8-14-6-7-24(12-15(14)9-20(19)29-2)22(27)16-10-21(26)25(13-16)18-5-3-4-17(23)11-18/h3-5,8-9,11,16H,6-7,10,12-13H2,1-2H3. The Labute approximate surface area is 168 Å². The Morgan fingerprint density at radius 2 is 1.83 bits per heavy atom. The molecule has 6 nitrogen and oxygen atoms in total. The summed E-state index contributed by atoms with van der Waals surface area (Å²) in [6.45, 7) is 1.33. The smallest absolute Gasteiger partial charge is 0.228 e. The lowest BCUT2D eigenvalue weighted by Crippen LogP contribution is -2.40. The van der Waals surface area contributed by atoms with E-state index in [0.717, 1.165) is 17.5 Å². The Morgan fingerprint density at radius 1 is 1.10 bits per heavy atom. The Bertz CT molecular complexity index is 962. The van der Waals surface area contributed by atoms with Crippen molar-refractivity contribution in [2.75, 3.05) is 32.2 Å². The van der Waals surface area contributed by atoms with Crippen molar-refractivity contribution in [3.8, 4) is 11.5 Å². The number of methoxy groups -OCH3 is 2. The summed E-state index contributed by atoms with van der Waals surface area (Å²) in [6, 6.07) is 9.77. The van der Waals surface area contributed by atoms with Crippen molar-refractivity contribution in [2.45, 2.75) is 19.4 Å². The lowest BCUT2D eigenvalue weighted by Gasteiger charge is -2.31. The number of amides is 2. The van der Waals surface area contributed by atoms with Gasteiger partial charge in [-0.2, -0.15) is 0 Å². The first-order valence-electron chi connectivity index (χ1n) is 9.58. The summed E-state index contributed by atoms with van der Waals surface area (Å²) >= 11 is 0. The first-order chi connectivity index (χ1) is 14.0. The molecule has 2 aliphatic heterocycles. The second-order valence-corrected chi connectivity index (χ2v) is 7.37. The lowest BCUT2D eigenvalue weighted by molar-refractivity contribution is -0.136. The van der Waals surface area contributed by atoms with Crippen molar-refractivity contribution in [1.82, 2.24) is 4.90 Å². The second kappa shape index (κ2) is 7.73. The summed E-state index contributed by atoms with van der Waals surface area (Å²) in [6.07, 6.45) is 0.861. The second-order valence-electron chi connectivity index (χ2n) is 7.37. The third-order valence-electron chi connectivity index (χ3n) is 5.62. The maximum Gasteiger partial charge on any atom is 0.228 e. The van der Waals surface area contributed by atoms with Crippen LogP contribution in [0.2, 0.25) is 0 Å². The highest BCUT2D eigenvalue weighted by Gasteiger charge is 2.38. The molecule has 2 heterocycles. The molecule has 2 aromatic rings. The van der Waals surface area contributed by atoms with E-state index in [1.807, 2.05) is 12.1 Å². The predicted molar refractivity (Wildman–Crippen MR) is 106 cm³/mol. The van der Waals surface area contributed by atoms with Crippen molar-refractivity contribution in [3.63, 3.8) is 0 Å². The molecule has 0 radical (unpaired) electrons. The third-order valence-corrected chi connectivity index (χ3v) is 5.62. The van der Waals surface area contributed by atoms with Crippen LogP contribution >= 0.6 is 0 Å². The Morgan fingerprint density at radius 3 is 2.52 bits per heavy atom. The zero-order chi connectivity index (χ0) is 20.5. The van der Waals surface area contributed by atoms with Gasteiger partial charge in [-0.3, -0.25) is 9.59 Å². The normalized spacial score (nSPS) is 18.6. The van der Waals surface area contributed by atoms with E-state index in [4.69, 9.17) is 9.47 Å². The van der Waals surface area contributed by atoms with Crippen molar-refractivity contribution < 1.29 is 23.5 Å². The number of fused-ring (bicyclic) bond motifs is 1. The van der Waals surface area contributed by atoms with Gasteiger partial charge in [0.1, 0.15) is 5.82 Å². The average molecular weight is 398 g/mol. The molecule has 0 N–H and O–H groups in total. The highest BCUT2D eigenvalue weighted by atomic mass is 19.1. The lowest BCUT2D eigenvalue weighted by atomic mass is 9.97. The van der Waals surface area contributed by atoms with E-state index in [2.05, 4.69) is 0 Å². The minimum absolute atomic E-state index is 0.0438. The highest BCUT2D eigenvalue weighted by molar-refractivity contribution is 6.00. The molecule has 0 bridgehead atoms. The molecule has 1 fully saturated rings. The van der Waals surface area contributed by atoms with Gasteiger partial charge in [0.15, 0.2) is 11.5 Å². The summed E-state index contributed by atoms with van der Waals surface area (Å²) in [5, 5.41) is 0. The van der Waals surface area contributed by atoms with Crippen molar-refractivity contribution in [1.29, 1.82) is 0 Å². The summed E-state index contributed by atoms with van der Waals surface area (Å²) in [5.41, 5.74) is 2.65. The van der Waals surface area contributed by atoms with E-state index >= 15 is 0 Å². The zero-order valence-corrected chi connectivity index (χ0v) is 16.5. The van der Waals surface area contributed by atoms with Crippen molar-refractivity contribution in [3.05, 3.63) is 53.3 Å². The van der Waals surface area contributed by atoms with Crippen LogP contribution in [0.15, 0.2) is 36.4 Å². The summed E-state index contributed by atoms with van der Waals surface area (Å²) in [7, 11) is 3.19. The zero-order valence-electron chi connectivity index (χ0n) is 16.5. The first-order valence-corrected chi connectivity index (χ1v) is 9.58. The molecule has 2 aliphatic rings. The van der Waals surface area contributed by atoms with Gasteiger partial charge in [-0.25, -0.2) is 4.39 Å². The van der Waals surface area contributed by atoms with Crippen LogP contribution in [0.25, 0.3) is 0 Å². The number of carbonyl (C=O) groups is 2. The van der Waals surface area contributed by atoms with Crippen LogP contribution in [-0.2, 0) is 22.6 Å². The number of hydrogen-bond donors (Lipinski definition) is 0. The van der Waals surface area contributed by atoms with Gasteiger partial charge in [-0.15, -0.1) is 0 Å². The van der Waals surface area contributed by atoms with Gasteiger partial charge in [0.25, 0.3) is 0 Å². The fourth-order valence-corrected chi connectivity index (χ4v) is 4.10. The third kappa shape index (κ3) is 3.64. The van der Waals surface area contributed by atoms with E-state index in [1.165, 1.54) is 17.0 Å². The first kappa shape index (κ1) is 19.2. The summed E-state index contributed by atoms with van der Waals surface area (Å²) in [4.78, 5) is 28.8. The number of hydrogen-bond acceptors (Lipinski definition) is 4.